The van der Waals surface area contributed by atoms with Gasteiger partial charge in [-0.1, -0.05) is 13.0 Å². The summed E-state index contributed by atoms with van der Waals surface area (Å²) in [5, 5.41) is 6.04. The second-order valence-electron chi connectivity index (χ2n) is 4.77. The third-order valence-corrected chi connectivity index (χ3v) is 3.91. The molecule has 0 radical (unpaired) electrons. The first-order valence-corrected chi connectivity index (χ1v) is 8.01. The zero-order valence-electron chi connectivity index (χ0n) is 12.4. The summed E-state index contributed by atoms with van der Waals surface area (Å²) in [6.07, 6.45) is 0.814. The lowest BCUT2D eigenvalue weighted by Gasteiger charge is -2.03. The zero-order chi connectivity index (χ0) is 16.2. The van der Waals surface area contributed by atoms with E-state index in [0.717, 1.165) is 11.3 Å². The van der Waals surface area contributed by atoms with Crippen molar-refractivity contribution in [2.24, 2.45) is 0 Å². The minimum atomic E-state index is -0.398. The van der Waals surface area contributed by atoms with Crippen LogP contribution in [-0.2, 0) is 0 Å². The van der Waals surface area contributed by atoms with E-state index in [-0.39, 0.29) is 11.9 Å². The number of hydrogen-bond donors (Lipinski definition) is 0. The summed E-state index contributed by atoms with van der Waals surface area (Å²) in [5.41, 5.74) is 0.330. The number of carbonyl (C=O) groups is 1. The smallest absolute Gasteiger partial charge is 0.336 e. The summed E-state index contributed by atoms with van der Waals surface area (Å²) in [5.74, 6) is -0.363. The van der Waals surface area contributed by atoms with Crippen LogP contribution in [0.2, 0.25) is 0 Å². The largest absolute Gasteiger partial charge is 0.462 e. The zero-order valence-corrected chi connectivity index (χ0v) is 13.2. The number of thiophene rings is 1. The molecule has 0 saturated heterocycles. The Kier molecular flexibility index (Phi) is 4.47. The van der Waals surface area contributed by atoms with Crippen LogP contribution in [0.4, 0.5) is 4.39 Å². The topological polar surface area (TPSA) is 57.0 Å². The normalized spacial score (nSPS) is 10.7. The number of carbonyl (C=O) groups excluding carboxylic acids is 1. The molecule has 0 amide bonds. The van der Waals surface area contributed by atoms with Crippen molar-refractivity contribution in [3.05, 3.63) is 53.2 Å². The van der Waals surface area contributed by atoms with Crippen molar-refractivity contribution in [1.29, 1.82) is 0 Å². The van der Waals surface area contributed by atoms with Gasteiger partial charge in [0.2, 0.25) is 0 Å². The average molecular weight is 331 g/mol. The molecule has 2 heterocycles. The molecule has 1 aromatic carbocycles. The van der Waals surface area contributed by atoms with E-state index in [0.29, 0.717) is 18.0 Å². The molecule has 0 unspecified atom stereocenters. The molecule has 0 aliphatic carbocycles. The van der Waals surface area contributed by atoms with Crippen molar-refractivity contribution in [2.75, 3.05) is 6.61 Å². The fraction of sp³-hybridized carbons (Fsp3) is 0.188. The van der Waals surface area contributed by atoms with Gasteiger partial charge in [0.1, 0.15) is 5.82 Å². The summed E-state index contributed by atoms with van der Waals surface area (Å²) in [6, 6.07) is 9.20. The van der Waals surface area contributed by atoms with Crippen LogP contribution in [0.3, 0.4) is 0 Å². The van der Waals surface area contributed by atoms with Crippen LogP contribution >= 0.6 is 11.3 Å². The Labute approximate surface area is 136 Å². The van der Waals surface area contributed by atoms with Gasteiger partial charge in [-0.15, -0.1) is 16.4 Å². The van der Waals surface area contributed by atoms with Gasteiger partial charge in [0.15, 0.2) is 5.82 Å². The summed E-state index contributed by atoms with van der Waals surface area (Å²) < 4.78 is 19.7. The van der Waals surface area contributed by atoms with Gasteiger partial charge < -0.3 is 4.74 Å². The lowest BCUT2D eigenvalue weighted by atomic mass is 10.2. The molecule has 3 aromatic rings. The Bertz CT molecular complexity index is 797. The first-order chi connectivity index (χ1) is 11.2. The monoisotopic (exact) mass is 331 g/mol. The predicted molar refractivity (Wildman–Crippen MR) is 85.2 cm³/mol. The van der Waals surface area contributed by atoms with Crippen LogP contribution in [0.15, 0.2) is 41.8 Å². The van der Waals surface area contributed by atoms with Gasteiger partial charge in [-0.25, -0.2) is 4.39 Å². The Morgan fingerprint density at radius 2 is 2.09 bits per heavy atom. The molecule has 3 rings (SSSR count). The third kappa shape index (κ3) is 3.29. The summed E-state index contributed by atoms with van der Waals surface area (Å²) >= 11 is 1.45. The molecule has 23 heavy (non-hydrogen) atoms. The number of nitrogens with zero attached hydrogens (tertiary/aromatic N) is 3. The van der Waals surface area contributed by atoms with Crippen LogP contribution in [0, 0.1) is 5.82 Å². The lowest BCUT2D eigenvalue weighted by molar-refractivity contribution is 0.0944. The van der Waals surface area contributed by atoms with E-state index in [1.165, 1.54) is 40.3 Å². The number of benzene rings is 1. The SMILES string of the molecule is CCCOc1nc(-c2cccs2)n(C(=O)c2ccc(F)cc2)n1. The number of aromatic nitrogens is 3. The minimum Gasteiger partial charge on any atom is -0.462 e. The Hall–Kier alpha value is -2.54. The van der Waals surface area contributed by atoms with Gasteiger partial charge in [0.25, 0.3) is 5.91 Å². The van der Waals surface area contributed by atoms with E-state index >= 15 is 0 Å². The van der Waals surface area contributed by atoms with Crippen LogP contribution in [-0.4, -0.2) is 27.3 Å². The van der Waals surface area contributed by atoms with Crippen molar-refractivity contribution in [1.82, 2.24) is 14.8 Å². The van der Waals surface area contributed by atoms with Crippen LogP contribution in [0.1, 0.15) is 23.7 Å². The van der Waals surface area contributed by atoms with Gasteiger partial charge in [0, 0.05) is 5.56 Å². The maximum Gasteiger partial charge on any atom is 0.336 e. The number of halogens is 1. The minimum absolute atomic E-state index is 0.158. The van der Waals surface area contributed by atoms with Crippen molar-refractivity contribution in [3.63, 3.8) is 0 Å². The Balaban J connectivity index is 2.00. The van der Waals surface area contributed by atoms with Crippen molar-refractivity contribution >= 4 is 17.2 Å². The van der Waals surface area contributed by atoms with Crippen molar-refractivity contribution < 1.29 is 13.9 Å². The standard InChI is InChI=1S/C16H14FN3O2S/c1-2-9-22-16-18-14(13-4-3-10-23-13)20(19-16)15(21)11-5-7-12(17)8-6-11/h3-8,10H,2,9H2,1H3. The van der Waals surface area contributed by atoms with Gasteiger partial charge in [-0.2, -0.15) is 9.67 Å². The van der Waals surface area contributed by atoms with Gasteiger partial charge in [0.05, 0.1) is 11.5 Å². The number of hydrogen-bond acceptors (Lipinski definition) is 5. The fourth-order valence-corrected chi connectivity index (χ4v) is 2.67. The van der Waals surface area contributed by atoms with E-state index in [9.17, 15) is 9.18 Å². The quantitative estimate of drug-likeness (QED) is 0.716. The molecule has 0 fully saturated rings. The average Bonchev–Trinajstić information content (AvgIpc) is 3.22. The van der Waals surface area contributed by atoms with Gasteiger partial charge in [-0.05, 0) is 42.1 Å². The van der Waals surface area contributed by atoms with Gasteiger partial charge >= 0.3 is 6.01 Å². The maximum absolute atomic E-state index is 13.0. The Morgan fingerprint density at radius 3 is 2.74 bits per heavy atom. The molecule has 0 bridgehead atoms. The summed E-state index contributed by atoms with van der Waals surface area (Å²) in [7, 11) is 0. The highest BCUT2D eigenvalue weighted by Gasteiger charge is 2.20. The fourth-order valence-electron chi connectivity index (χ4n) is 1.97. The van der Waals surface area contributed by atoms with E-state index in [1.807, 2.05) is 24.4 Å². The molecule has 2 aromatic heterocycles. The van der Waals surface area contributed by atoms with E-state index in [1.54, 1.807) is 0 Å². The number of rotatable bonds is 5. The summed E-state index contributed by atoms with van der Waals surface area (Å²) in [4.78, 5) is 17.8. The van der Waals surface area contributed by atoms with Gasteiger partial charge in [-0.3, -0.25) is 4.79 Å². The molecule has 7 heteroatoms. The molecule has 118 valence electrons. The van der Waals surface area contributed by atoms with E-state index < -0.39 is 5.82 Å². The van der Waals surface area contributed by atoms with E-state index in [4.69, 9.17) is 4.74 Å². The molecule has 0 saturated carbocycles. The lowest BCUT2D eigenvalue weighted by Crippen LogP contribution is -2.15. The second-order valence-corrected chi connectivity index (χ2v) is 5.72. The molecule has 0 aliphatic rings. The molecular weight excluding hydrogens is 317 g/mol. The Morgan fingerprint density at radius 1 is 1.30 bits per heavy atom. The number of ether oxygens (including phenoxy) is 1. The van der Waals surface area contributed by atoms with E-state index in [2.05, 4.69) is 10.1 Å². The second kappa shape index (κ2) is 6.70. The molecule has 0 aliphatic heterocycles. The van der Waals surface area contributed by atoms with Crippen molar-refractivity contribution in [2.45, 2.75) is 13.3 Å². The van der Waals surface area contributed by atoms with Crippen LogP contribution in [0.25, 0.3) is 10.7 Å². The highest BCUT2D eigenvalue weighted by atomic mass is 32.1. The first kappa shape index (κ1) is 15.4. The molecule has 0 N–H and O–H groups in total. The van der Waals surface area contributed by atoms with Crippen LogP contribution in [0.5, 0.6) is 6.01 Å². The predicted octanol–water partition coefficient (Wildman–Crippen LogP) is 3.62. The van der Waals surface area contributed by atoms with Crippen molar-refractivity contribution in [3.8, 4) is 16.7 Å². The molecule has 0 atom stereocenters. The molecule has 0 spiro atoms. The first-order valence-electron chi connectivity index (χ1n) is 7.13. The molecule has 5 nitrogen and oxygen atoms in total. The van der Waals surface area contributed by atoms with Crippen LogP contribution < -0.4 is 4.74 Å². The molecular formula is C16H14FN3O2S. The third-order valence-electron chi connectivity index (χ3n) is 3.05. The highest BCUT2D eigenvalue weighted by molar-refractivity contribution is 7.13. The summed E-state index contributed by atoms with van der Waals surface area (Å²) in [6.45, 7) is 2.44. The highest BCUT2D eigenvalue weighted by Crippen LogP contribution is 2.25. The maximum atomic E-state index is 13.0.